The van der Waals surface area contributed by atoms with Crippen LogP contribution in [0.3, 0.4) is 0 Å². The molecule has 20 heavy (non-hydrogen) atoms. The van der Waals surface area contributed by atoms with E-state index in [0.29, 0.717) is 6.54 Å². The first kappa shape index (κ1) is 14.6. The maximum Gasteiger partial charge on any atom is 0.153 e. The lowest BCUT2D eigenvalue weighted by atomic mass is 10.2. The second kappa shape index (κ2) is 7.12. The predicted molar refractivity (Wildman–Crippen MR) is 78.1 cm³/mol. The van der Waals surface area contributed by atoms with Crippen molar-refractivity contribution in [3.05, 3.63) is 29.8 Å². The van der Waals surface area contributed by atoms with Gasteiger partial charge in [0.05, 0.1) is 13.7 Å². The monoisotopic (exact) mass is 278 g/mol. The molecule has 1 heterocycles. The number of piperazine rings is 1. The van der Waals surface area contributed by atoms with Crippen molar-refractivity contribution in [2.24, 2.45) is 10.9 Å². The topological polar surface area (TPSA) is 74.3 Å². The van der Waals surface area contributed by atoms with Crippen molar-refractivity contribution < 1.29 is 9.94 Å². The molecule has 1 aliphatic heterocycles. The third-order valence-corrected chi connectivity index (χ3v) is 3.54. The summed E-state index contributed by atoms with van der Waals surface area (Å²) < 4.78 is 5.16. The molecule has 0 aromatic heterocycles. The number of benzene rings is 1. The van der Waals surface area contributed by atoms with E-state index in [4.69, 9.17) is 15.7 Å². The summed E-state index contributed by atoms with van der Waals surface area (Å²) in [6.07, 6.45) is 0. The number of amidine groups is 1. The van der Waals surface area contributed by atoms with Crippen molar-refractivity contribution in [1.82, 2.24) is 9.80 Å². The molecule has 0 atom stereocenters. The molecule has 1 aromatic rings. The summed E-state index contributed by atoms with van der Waals surface area (Å²) in [7, 11) is 1.68. The van der Waals surface area contributed by atoms with E-state index in [1.165, 1.54) is 5.56 Å². The molecule has 1 aromatic carbocycles. The van der Waals surface area contributed by atoms with Crippen LogP contribution in [-0.2, 0) is 6.54 Å². The van der Waals surface area contributed by atoms with E-state index in [-0.39, 0.29) is 5.84 Å². The van der Waals surface area contributed by atoms with Gasteiger partial charge in [-0.3, -0.25) is 9.80 Å². The van der Waals surface area contributed by atoms with Crippen LogP contribution in [0.25, 0.3) is 0 Å². The Balaban J connectivity index is 1.79. The molecule has 1 saturated heterocycles. The van der Waals surface area contributed by atoms with E-state index >= 15 is 0 Å². The van der Waals surface area contributed by atoms with Crippen LogP contribution < -0.4 is 10.5 Å². The quantitative estimate of drug-likeness (QED) is 0.356. The molecule has 6 heteroatoms. The van der Waals surface area contributed by atoms with E-state index in [9.17, 15) is 0 Å². The number of hydrogen-bond acceptors (Lipinski definition) is 5. The molecule has 0 saturated carbocycles. The van der Waals surface area contributed by atoms with Gasteiger partial charge in [-0.05, 0) is 17.7 Å². The van der Waals surface area contributed by atoms with Gasteiger partial charge in [0, 0.05) is 32.7 Å². The van der Waals surface area contributed by atoms with E-state index in [1.54, 1.807) is 7.11 Å². The molecule has 6 nitrogen and oxygen atoms in total. The van der Waals surface area contributed by atoms with Gasteiger partial charge >= 0.3 is 0 Å². The molecule has 0 spiro atoms. The highest BCUT2D eigenvalue weighted by Gasteiger charge is 2.17. The summed E-state index contributed by atoms with van der Waals surface area (Å²) in [5, 5.41) is 11.6. The molecule has 3 N–H and O–H groups in total. The molecule has 0 aliphatic carbocycles. The summed E-state index contributed by atoms with van der Waals surface area (Å²) in [6, 6.07) is 8.18. The second-order valence-corrected chi connectivity index (χ2v) is 4.99. The third-order valence-electron chi connectivity index (χ3n) is 3.54. The molecule has 1 fully saturated rings. The van der Waals surface area contributed by atoms with Crippen molar-refractivity contribution in [2.75, 3.05) is 39.8 Å². The fourth-order valence-corrected chi connectivity index (χ4v) is 2.36. The van der Waals surface area contributed by atoms with Gasteiger partial charge in [0.1, 0.15) is 5.75 Å². The number of hydrogen-bond donors (Lipinski definition) is 2. The number of oxime groups is 1. The Bertz CT molecular complexity index is 439. The molecular formula is C14H22N4O2. The van der Waals surface area contributed by atoms with Gasteiger partial charge in [-0.15, -0.1) is 0 Å². The Morgan fingerprint density at radius 3 is 2.35 bits per heavy atom. The van der Waals surface area contributed by atoms with Crippen LogP contribution >= 0.6 is 0 Å². The molecule has 0 radical (unpaired) electrons. The first-order valence-electron chi connectivity index (χ1n) is 6.75. The number of ether oxygens (including phenoxy) is 1. The van der Waals surface area contributed by atoms with Gasteiger partial charge in [-0.25, -0.2) is 0 Å². The van der Waals surface area contributed by atoms with Crippen molar-refractivity contribution in [3.8, 4) is 5.75 Å². The van der Waals surface area contributed by atoms with Gasteiger partial charge in [0.15, 0.2) is 5.84 Å². The van der Waals surface area contributed by atoms with Crippen LogP contribution in [0.5, 0.6) is 5.75 Å². The number of nitrogens with two attached hydrogens (primary N) is 1. The van der Waals surface area contributed by atoms with Gasteiger partial charge < -0.3 is 15.7 Å². The van der Waals surface area contributed by atoms with Crippen LogP contribution in [0.1, 0.15) is 5.56 Å². The number of nitrogens with zero attached hydrogens (tertiary/aromatic N) is 3. The zero-order chi connectivity index (χ0) is 14.4. The number of methoxy groups -OCH3 is 1. The lowest BCUT2D eigenvalue weighted by molar-refractivity contribution is 0.139. The summed E-state index contributed by atoms with van der Waals surface area (Å²) in [6.45, 7) is 5.34. The maximum atomic E-state index is 8.57. The highest BCUT2D eigenvalue weighted by molar-refractivity contribution is 5.81. The molecule has 2 rings (SSSR count). The zero-order valence-corrected chi connectivity index (χ0v) is 11.8. The van der Waals surface area contributed by atoms with Crippen LogP contribution in [0, 0.1) is 0 Å². The predicted octanol–water partition coefficient (Wildman–Crippen LogP) is 0.559. The first-order chi connectivity index (χ1) is 9.71. The zero-order valence-electron chi connectivity index (χ0n) is 11.8. The van der Waals surface area contributed by atoms with Crippen LogP contribution in [0.2, 0.25) is 0 Å². The molecular weight excluding hydrogens is 256 g/mol. The third kappa shape index (κ3) is 4.11. The van der Waals surface area contributed by atoms with Crippen molar-refractivity contribution >= 4 is 5.84 Å². The van der Waals surface area contributed by atoms with Crippen molar-refractivity contribution in [1.29, 1.82) is 0 Å². The molecule has 1 aliphatic rings. The Hall–Kier alpha value is -1.79. The fraction of sp³-hybridized carbons (Fsp3) is 0.500. The van der Waals surface area contributed by atoms with Crippen LogP contribution in [0.15, 0.2) is 29.4 Å². The highest BCUT2D eigenvalue weighted by Crippen LogP contribution is 2.14. The van der Waals surface area contributed by atoms with E-state index in [1.807, 2.05) is 12.1 Å². The minimum Gasteiger partial charge on any atom is -0.497 e. The summed E-state index contributed by atoms with van der Waals surface area (Å²) in [4.78, 5) is 4.60. The summed E-state index contributed by atoms with van der Waals surface area (Å²) in [5.74, 6) is 1.16. The minimum absolute atomic E-state index is 0.272. The normalized spacial score (nSPS) is 18.1. The van der Waals surface area contributed by atoms with Crippen LogP contribution in [-0.4, -0.2) is 60.7 Å². The second-order valence-electron chi connectivity index (χ2n) is 4.99. The molecule has 110 valence electrons. The Labute approximate surface area is 119 Å². The molecule has 0 bridgehead atoms. The number of rotatable bonds is 5. The van der Waals surface area contributed by atoms with E-state index in [0.717, 1.165) is 38.5 Å². The highest BCUT2D eigenvalue weighted by atomic mass is 16.5. The minimum atomic E-state index is 0.272. The first-order valence-corrected chi connectivity index (χ1v) is 6.75. The van der Waals surface area contributed by atoms with Gasteiger partial charge in [-0.2, -0.15) is 0 Å². The standard InChI is InChI=1S/C14H22N4O2/c1-20-13-4-2-12(3-5-13)10-17-6-8-18(9-7-17)11-14(15)16-19/h2-5,19H,6-11H2,1H3,(H2,15,16). The Morgan fingerprint density at radius 1 is 1.20 bits per heavy atom. The Morgan fingerprint density at radius 2 is 1.80 bits per heavy atom. The Kier molecular flexibility index (Phi) is 5.20. The van der Waals surface area contributed by atoms with Gasteiger partial charge in [-0.1, -0.05) is 17.3 Å². The van der Waals surface area contributed by atoms with E-state index in [2.05, 4.69) is 27.1 Å². The maximum absolute atomic E-state index is 8.57. The van der Waals surface area contributed by atoms with Crippen LogP contribution in [0.4, 0.5) is 0 Å². The lowest BCUT2D eigenvalue weighted by Gasteiger charge is -2.34. The van der Waals surface area contributed by atoms with Crippen molar-refractivity contribution in [2.45, 2.75) is 6.54 Å². The fourth-order valence-electron chi connectivity index (χ4n) is 2.36. The van der Waals surface area contributed by atoms with Gasteiger partial charge in [0.25, 0.3) is 0 Å². The van der Waals surface area contributed by atoms with Crippen molar-refractivity contribution in [3.63, 3.8) is 0 Å². The summed E-state index contributed by atoms with van der Waals surface area (Å²) >= 11 is 0. The average Bonchev–Trinajstić information content (AvgIpc) is 2.50. The smallest absolute Gasteiger partial charge is 0.153 e. The molecule has 0 unspecified atom stereocenters. The van der Waals surface area contributed by atoms with E-state index < -0.39 is 0 Å². The summed E-state index contributed by atoms with van der Waals surface area (Å²) in [5.41, 5.74) is 6.81. The largest absolute Gasteiger partial charge is 0.497 e. The SMILES string of the molecule is COc1ccc(CN2CCN(CC(N)=NO)CC2)cc1. The van der Waals surface area contributed by atoms with Gasteiger partial charge in [0.2, 0.25) is 0 Å². The average molecular weight is 278 g/mol. The lowest BCUT2D eigenvalue weighted by Crippen LogP contribution is -2.48. The molecule has 0 amide bonds.